The van der Waals surface area contributed by atoms with Crippen molar-refractivity contribution in [2.45, 2.75) is 19.8 Å². The van der Waals surface area contributed by atoms with Gasteiger partial charge in [-0.05, 0) is 22.4 Å². The fraction of sp³-hybridized carbons (Fsp3) is 0.364. The van der Waals surface area contributed by atoms with Gasteiger partial charge in [-0.2, -0.15) is 0 Å². The third kappa shape index (κ3) is 2.31. The van der Waals surface area contributed by atoms with Crippen molar-refractivity contribution < 1.29 is 0 Å². The molecule has 0 fully saturated rings. The van der Waals surface area contributed by atoms with Crippen LogP contribution in [0.1, 0.15) is 19.0 Å². The average Bonchev–Trinajstić information content (AvgIpc) is 2.71. The second kappa shape index (κ2) is 4.83. The molecule has 0 aromatic carbocycles. The van der Waals surface area contributed by atoms with E-state index in [1.807, 2.05) is 17.8 Å². The predicted octanol–water partition coefficient (Wildman–Crippen LogP) is 1.89. The van der Waals surface area contributed by atoms with E-state index in [1.54, 1.807) is 6.20 Å². The Labute approximate surface area is 107 Å². The first-order chi connectivity index (χ1) is 8.13. The number of aryl methyl sites for hydroxylation is 2. The molecule has 6 heteroatoms. The quantitative estimate of drug-likeness (QED) is 0.941. The first-order valence-corrected chi connectivity index (χ1v) is 6.19. The molecule has 0 bridgehead atoms. The average molecular weight is 297 g/mol. The summed E-state index contributed by atoms with van der Waals surface area (Å²) in [7, 11) is 1.86. The van der Waals surface area contributed by atoms with Crippen LogP contribution in [0.25, 0.3) is 11.6 Å². The van der Waals surface area contributed by atoms with Crippen LogP contribution in [-0.2, 0) is 13.5 Å². The van der Waals surface area contributed by atoms with Gasteiger partial charge in [-0.15, -0.1) is 0 Å². The number of nitrogens with zero attached hydrogens (tertiary/aromatic N) is 3. The van der Waals surface area contributed by atoms with E-state index in [0.717, 1.165) is 18.5 Å². The minimum absolute atomic E-state index is 0.165. The number of aromatic nitrogens is 4. The molecule has 90 valence electrons. The zero-order chi connectivity index (χ0) is 12.4. The number of hydrogen-bond acceptors (Lipinski definition) is 3. The van der Waals surface area contributed by atoms with Crippen LogP contribution in [0.2, 0.25) is 0 Å². The van der Waals surface area contributed by atoms with Crippen LogP contribution in [0, 0.1) is 0 Å². The largest absolute Gasteiger partial charge is 0.331 e. The van der Waals surface area contributed by atoms with Crippen LogP contribution in [0.5, 0.6) is 0 Å². The third-order valence-corrected chi connectivity index (χ3v) is 3.27. The van der Waals surface area contributed by atoms with Crippen molar-refractivity contribution in [1.29, 1.82) is 0 Å². The van der Waals surface area contributed by atoms with E-state index < -0.39 is 0 Å². The molecule has 1 N–H and O–H groups in total. The molecular weight excluding hydrogens is 284 g/mol. The van der Waals surface area contributed by atoms with Gasteiger partial charge in [0.05, 0.1) is 5.69 Å². The standard InChI is InChI=1S/C11H13BrN4O/c1-3-4-7-8(12)11(17)15-9(14-7)10-13-5-6-16(10)2/h5-6H,3-4H2,1-2H3,(H,14,15,17). The molecular formula is C11H13BrN4O. The summed E-state index contributed by atoms with van der Waals surface area (Å²) in [6.45, 7) is 2.05. The van der Waals surface area contributed by atoms with Gasteiger partial charge in [-0.25, -0.2) is 9.97 Å². The maximum atomic E-state index is 11.8. The highest BCUT2D eigenvalue weighted by molar-refractivity contribution is 9.10. The van der Waals surface area contributed by atoms with Crippen LogP contribution >= 0.6 is 15.9 Å². The fourth-order valence-corrected chi connectivity index (χ4v) is 1.99. The zero-order valence-corrected chi connectivity index (χ0v) is 11.3. The Balaban J connectivity index is 2.57. The Morgan fingerprint density at radius 3 is 2.88 bits per heavy atom. The summed E-state index contributed by atoms with van der Waals surface area (Å²) in [6, 6.07) is 0. The van der Waals surface area contributed by atoms with Gasteiger partial charge in [0.2, 0.25) is 0 Å². The third-order valence-electron chi connectivity index (χ3n) is 2.45. The molecule has 0 aliphatic rings. The summed E-state index contributed by atoms with van der Waals surface area (Å²) in [5.41, 5.74) is 0.607. The Hall–Kier alpha value is -1.43. The second-order valence-corrected chi connectivity index (χ2v) is 4.58. The molecule has 0 unspecified atom stereocenters. The van der Waals surface area contributed by atoms with Crippen molar-refractivity contribution in [2.24, 2.45) is 7.05 Å². The molecule has 0 aliphatic carbocycles. The van der Waals surface area contributed by atoms with Gasteiger partial charge in [-0.1, -0.05) is 13.3 Å². The molecule has 2 rings (SSSR count). The Bertz CT molecular complexity index is 587. The number of nitrogens with one attached hydrogen (secondary N) is 1. The van der Waals surface area contributed by atoms with Crippen LogP contribution in [0.3, 0.4) is 0 Å². The van der Waals surface area contributed by atoms with E-state index in [2.05, 4.69) is 37.8 Å². The van der Waals surface area contributed by atoms with E-state index in [4.69, 9.17) is 0 Å². The molecule has 0 saturated heterocycles. The second-order valence-electron chi connectivity index (χ2n) is 3.79. The molecule has 2 aromatic rings. The van der Waals surface area contributed by atoms with Crippen molar-refractivity contribution in [3.8, 4) is 11.6 Å². The smallest absolute Gasteiger partial charge is 0.265 e. The SMILES string of the molecule is CCCc1nc(-c2nccn2C)[nH]c(=O)c1Br. The lowest BCUT2D eigenvalue weighted by molar-refractivity contribution is 0.844. The van der Waals surface area contributed by atoms with E-state index in [-0.39, 0.29) is 5.56 Å². The maximum absolute atomic E-state index is 11.8. The minimum atomic E-state index is -0.165. The molecule has 0 atom stereocenters. The van der Waals surface area contributed by atoms with Crippen molar-refractivity contribution >= 4 is 15.9 Å². The van der Waals surface area contributed by atoms with E-state index >= 15 is 0 Å². The lowest BCUT2D eigenvalue weighted by atomic mass is 10.2. The zero-order valence-electron chi connectivity index (χ0n) is 9.70. The number of rotatable bonds is 3. The Morgan fingerprint density at radius 2 is 2.29 bits per heavy atom. The molecule has 0 aliphatic heterocycles. The van der Waals surface area contributed by atoms with Crippen molar-refractivity contribution in [3.63, 3.8) is 0 Å². The number of aromatic amines is 1. The molecule has 5 nitrogen and oxygen atoms in total. The summed E-state index contributed by atoms with van der Waals surface area (Å²) in [5.74, 6) is 1.17. The number of H-pyrrole nitrogens is 1. The van der Waals surface area contributed by atoms with Gasteiger partial charge < -0.3 is 9.55 Å². The maximum Gasteiger partial charge on any atom is 0.265 e. The lowest BCUT2D eigenvalue weighted by Crippen LogP contribution is -2.14. The van der Waals surface area contributed by atoms with Crippen LogP contribution in [-0.4, -0.2) is 19.5 Å². The van der Waals surface area contributed by atoms with E-state index in [9.17, 15) is 4.79 Å². The summed E-state index contributed by atoms with van der Waals surface area (Å²) in [6.07, 6.45) is 5.20. The summed E-state index contributed by atoms with van der Waals surface area (Å²) >= 11 is 3.26. The summed E-state index contributed by atoms with van der Waals surface area (Å²) in [4.78, 5) is 23.1. The van der Waals surface area contributed by atoms with Gasteiger partial charge in [0, 0.05) is 19.4 Å². The molecule has 0 radical (unpaired) electrons. The van der Waals surface area contributed by atoms with Crippen molar-refractivity contribution in [1.82, 2.24) is 19.5 Å². The van der Waals surface area contributed by atoms with Crippen molar-refractivity contribution in [2.75, 3.05) is 0 Å². The molecule has 17 heavy (non-hydrogen) atoms. The molecule has 0 saturated carbocycles. The van der Waals surface area contributed by atoms with Gasteiger partial charge >= 0.3 is 0 Å². The van der Waals surface area contributed by atoms with Crippen LogP contribution in [0.15, 0.2) is 21.7 Å². The van der Waals surface area contributed by atoms with Crippen LogP contribution < -0.4 is 5.56 Å². The van der Waals surface area contributed by atoms with Gasteiger partial charge in [-0.3, -0.25) is 4.79 Å². The normalized spacial score (nSPS) is 10.8. The first-order valence-electron chi connectivity index (χ1n) is 5.40. The highest BCUT2D eigenvalue weighted by atomic mass is 79.9. The Morgan fingerprint density at radius 1 is 1.53 bits per heavy atom. The van der Waals surface area contributed by atoms with Gasteiger partial charge in [0.25, 0.3) is 5.56 Å². The molecule has 2 aromatic heterocycles. The van der Waals surface area contributed by atoms with Crippen LogP contribution in [0.4, 0.5) is 0 Å². The topological polar surface area (TPSA) is 63.6 Å². The number of halogens is 1. The van der Waals surface area contributed by atoms with Gasteiger partial charge in [0.1, 0.15) is 4.47 Å². The molecule has 2 heterocycles. The van der Waals surface area contributed by atoms with Crippen molar-refractivity contribution in [3.05, 3.63) is 32.9 Å². The molecule has 0 amide bonds. The lowest BCUT2D eigenvalue weighted by Gasteiger charge is -2.05. The van der Waals surface area contributed by atoms with E-state index in [1.165, 1.54) is 0 Å². The minimum Gasteiger partial charge on any atom is -0.331 e. The number of hydrogen-bond donors (Lipinski definition) is 1. The number of imidazole rings is 1. The summed E-state index contributed by atoms with van der Waals surface area (Å²) in [5, 5.41) is 0. The van der Waals surface area contributed by atoms with E-state index in [0.29, 0.717) is 16.1 Å². The Kier molecular flexibility index (Phi) is 3.42. The monoisotopic (exact) mass is 296 g/mol. The molecule has 0 spiro atoms. The predicted molar refractivity (Wildman–Crippen MR) is 68.8 cm³/mol. The first kappa shape index (κ1) is 12.0. The highest BCUT2D eigenvalue weighted by Gasteiger charge is 2.12. The fourth-order valence-electron chi connectivity index (χ4n) is 1.61. The van der Waals surface area contributed by atoms with Gasteiger partial charge in [0.15, 0.2) is 11.6 Å². The summed E-state index contributed by atoms with van der Waals surface area (Å²) < 4.78 is 2.33. The highest BCUT2D eigenvalue weighted by Crippen LogP contribution is 2.15.